The van der Waals surface area contributed by atoms with Gasteiger partial charge in [-0.15, -0.1) is 0 Å². The Kier molecular flexibility index (Phi) is 4.20. The van der Waals surface area contributed by atoms with E-state index >= 15 is 0 Å². The Labute approximate surface area is 108 Å². The average Bonchev–Trinajstić information content (AvgIpc) is 2.47. The van der Waals surface area contributed by atoms with Gasteiger partial charge in [0.05, 0.1) is 24.6 Å². The lowest BCUT2D eigenvalue weighted by Gasteiger charge is -2.41. The first-order valence-electron chi connectivity index (χ1n) is 6.73. The summed E-state index contributed by atoms with van der Waals surface area (Å²) in [6, 6.07) is 2.09. The molecule has 0 radical (unpaired) electrons. The van der Waals surface area contributed by atoms with Crippen LogP contribution in [0.1, 0.15) is 26.2 Å². The molecule has 0 saturated carbocycles. The number of carbonyl (C=O) groups is 1. The lowest BCUT2D eigenvalue weighted by atomic mass is 9.75. The molecule has 2 saturated heterocycles. The summed E-state index contributed by atoms with van der Waals surface area (Å²) in [4.78, 5) is 14.5. The number of ether oxygens (including phenoxy) is 1. The zero-order valence-electron chi connectivity index (χ0n) is 10.9. The normalized spacial score (nSPS) is 27.6. The van der Waals surface area contributed by atoms with Gasteiger partial charge in [0.1, 0.15) is 0 Å². The summed E-state index contributed by atoms with van der Waals surface area (Å²) in [7, 11) is 0. The number of carbonyl (C=O) groups excluding carboxylic acids is 1. The third-order valence-electron chi connectivity index (χ3n) is 4.19. The molecule has 2 heterocycles. The molecule has 0 spiro atoms. The largest absolute Gasteiger partial charge is 0.360 e. The number of nitrogens with one attached hydrogen (secondary N) is 1. The smallest absolute Gasteiger partial charge is 0.229 e. The molecule has 5 heteroatoms. The summed E-state index contributed by atoms with van der Waals surface area (Å²) in [6.07, 6.45) is 2.22. The van der Waals surface area contributed by atoms with E-state index in [1.807, 2.05) is 4.90 Å². The summed E-state index contributed by atoms with van der Waals surface area (Å²) in [6.45, 7) is 5.42. The predicted molar refractivity (Wildman–Crippen MR) is 66.8 cm³/mol. The van der Waals surface area contributed by atoms with Gasteiger partial charge in [-0.1, -0.05) is 6.92 Å². The molecule has 5 nitrogen and oxygen atoms in total. The SMILES string of the molecule is CCC1(C(=O)N2CCOC(C#N)C2)CCNCC1. The van der Waals surface area contributed by atoms with E-state index in [4.69, 9.17) is 10.00 Å². The molecule has 0 bridgehead atoms. The first-order chi connectivity index (χ1) is 8.72. The van der Waals surface area contributed by atoms with Gasteiger partial charge in [-0.2, -0.15) is 5.26 Å². The van der Waals surface area contributed by atoms with Gasteiger partial charge in [-0.3, -0.25) is 4.79 Å². The summed E-state index contributed by atoms with van der Waals surface area (Å²) in [5, 5.41) is 12.2. The van der Waals surface area contributed by atoms with Crippen molar-refractivity contribution in [2.75, 3.05) is 32.8 Å². The van der Waals surface area contributed by atoms with Gasteiger partial charge in [0.15, 0.2) is 6.10 Å². The molecule has 2 rings (SSSR count). The van der Waals surface area contributed by atoms with Crippen molar-refractivity contribution in [3.8, 4) is 6.07 Å². The fourth-order valence-electron chi connectivity index (χ4n) is 2.87. The van der Waals surface area contributed by atoms with Crippen molar-refractivity contribution in [1.82, 2.24) is 10.2 Å². The van der Waals surface area contributed by atoms with Crippen LogP contribution >= 0.6 is 0 Å². The standard InChI is InChI=1S/C13H21N3O2/c1-2-13(3-5-15-6-4-13)12(17)16-7-8-18-11(9-14)10-16/h11,15H,2-8,10H2,1H3. The molecule has 0 aliphatic carbocycles. The molecule has 1 N–H and O–H groups in total. The third-order valence-corrected chi connectivity index (χ3v) is 4.19. The molecule has 1 unspecified atom stereocenters. The molecular weight excluding hydrogens is 230 g/mol. The molecule has 2 aliphatic rings. The summed E-state index contributed by atoms with van der Waals surface area (Å²) < 4.78 is 5.29. The molecule has 0 aromatic heterocycles. The van der Waals surface area contributed by atoms with Crippen LogP contribution in [0.15, 0.2) is 0 Å². The summed E-state index contributed by atoms with van der Waals surface area (Å²) >= 11 is 0. The van der Waals surface area contributed by atoms with Gasteiger partial charge < -0.3 is 15.0 Å². The Morgan fingerprint density at radius 1 is 1.56 bits per heavy atom. The minimum absolute atomic E-state index is 0.218. The lowest BCUT2D eigenvalue weighted by Crippen LogP contribution is -2.53. The molecule has 18 heavy (non-hydrogen) atoms. The van der Waals surface area contributed by atoms with Crippen LogP contribution in [0.2, 0.25) is 0 Å². The van der Waals surface area contributed by atoms with Gasteiger partial charge in [-0.05, 0) is 32.4 Å². The molecular formula is C13H21N3O2. The van der Waals surface area contributed by atoms with Gasteiger partial charge in [0.2, 0.25) is 5.91 Å². The monoisotopic (exact) mass is 251 g/mol. The van der Waals surface area contributed by atoms with E-state index in [1.165, 1.54) is 0 Å². The maximum atomic E-state index is 12.7. The number of hydrogen-bond donors (Lipinski definition) is 1. The number of nitrogens with zero attached hydrogens (tertiary/aromatic N) is 2. The number of amides is 1. The maximum Gasteiger partial charge on any atom is 0.229 e. The van der Waals surface area contributed by atoms with Crippen LogP contribution in [0, 0.1) is 16.7 Å². The first-order valence-corrected chi connectivity index (χ1v) is 6.73. The van der Waals surface area contributed by atoms with E-state index in [-0.39, 0.29) is 11.3 Å². The maximum absolute atomic E-state index is 12.7. The Balaban J connectivity index is 2.06. The Morgan fingerprint density at radius 2 is 2.28 bits per heavy atom. The zero-order valence-corrected chi connectivity index (χ0v) is 10.9. The minimum Gasteiger partial charge on any atom is -0.360 e. The second-order valence-electron chi connectivity index (χ2n) is 5.12. The van der Waals surface area contributed by atoms with E-state index in [0.29, 0.717) is 19.7 Å². The van der Waals surface area contributed by atoms with Crippen molar-refractivity contribution in [2.45, 2.75) is 32.3 Å². The fourth-order valence-corrected chi connectivity index (χ4v) is 2.87. The summed E-state index contributed by atoms with van der Waals surface area (Å²) in [5.41, 5.74) is -0.220. The van der Waals surface area contributed by atoms with E-state index in [0.717, 1.165) is 32.4 Å². The summed E-state index contributed by atoms with van der Waals surface area (Å²) in [5.74, 6) is 0.218. The predicted octanol–water partition coefficient (Wildman–Crippen LogP) is 0.517. The van der Waals surface area contributed by atoms with Crippen molar-refractivity contribution in [3.05, 3.63) is 0 Å². The molecule has 2 fully saturated rings. The quantitative estimate of drug-likeness (QED) is 0.777. The molecule has 0 aromatic carbocycles. The number of morpholine rings is 1. The Bertz CT molecular complexity index is 345. The lowest BCUT2D eigenvalue weighted by molar-refractivity contribution is -0.150. The molecule has 0 aromatic rings. The van der Waals surface area contributed by atoms with Gasteiger partial charge >= 0.3 is 0 Å². The molecule has 2 aliphatic heterocycles. The minimum atomic E-state index is -0.460. The van der Waals surface area contributed by atoms with Gasteiger partial charge in [-0.25, -0.2) is 0 Å². The third kappa shape index (κ3) is 2.50. The van der Waals surface area contributed by atoms with E-state index in [1.54, 1.807) is 0 Å². The van der Waals surface area contributed by atoms with Crippen LogP contribution in [0.25, 0.3) is 0 Å². The molecule has 1 amide bonds. The number of hydrogen-bond acceptors (Lipinski definition) is 4. The highest BCUT2D eigenvalue weighted by Gasteiger charge is 2.41. The molecule has 1 atom stereocenters. The van der Waals surface area contributed by atoms with Crippen LogP contribution in [0.4, 0.5) is 0 Å². The Hall–Kier alpha value is -1.12. The van der Waals surface area contributed by atoms with Gasteiger partial charge in [0.25, 0.3) is 0 Å². The van der Waals surface area contributed by atoms with Crippen molar-refractivity contribution in [2.24, 2.45) is 5.41 Å². The van der Waals surface area contributed by atoms with E-state index < -0.39 is 6.10 Å². The topological polar surface area (TPSA) is 65.4 Å². The average molecular weight is 251 g/mol. The number of nitriles is 1. The molecule has 100 valence electrons. The van der Waals surface area contributed by atoms with Gasteiger partial charge in [0, 0.05) is 6.54 Å². The van der Waals surface area contributed by atoms with E-state index in [2.05, 4.69) is 18.3 Å². The Morgan fingerprint density at radius 3 is 2.89 bits per heavy atom. The first kappa shape index (κ1) is 13.3. The van der Waals surface area contributed by atoms with Crippen LogP contribution in [0.5, 0.6) is 0 Å². The van der Waals surface area contributed by atoms with Crippen LogP contribution in [-0.2, 0) is 9.53 Å². The van der Waals surface area contributed by atoms with E-state index in [9.17, 15) is 4.79 Å². The van der Waals surface area contributed by atoms with Crippen LogP contribution < -0.4 is 5.32 Å². The highest BCUT2D eigenvalue weighted by Crippen LogP contribution is 2.35. The van der Waals surface area contributed by atoms with Crippen molar-refractivity contribution < 1.29 is 9.53 Å². The highest BCUT2D eigenvalue weighted by molar-refractivity contribution is 5.83. The number of piperidine rings is 1. The second-order valence-corrected chi connectivity index (χ2v) is 5.12. The van der Waals surface area contributed by atoms with Crippen LogP contribution in [0.3, 0.4) is 0 Å². The highest BCUT2D eigenvalue weighted by atomic mass is 16.5. The zero-order chi connectivity index (χ0) is 13.0. The van der Waals surface area contributed by atoms with Crippen molar-refractivity contribution in [3.63, 3.8) is 0 Å². The van der Waals surface area contributed by atoms with Crippen molar-refractivity contribution in [1.29, 1.82) is 5.26 Å². The fraction of sp³-hybridized carbons (Fsp3) is 0.846. The van der Waals surface area contributed by atoms with Crippen molar-refractivity contribution >= 4 is 5.91 Å². The second kappa shape index (κ2) is 5.68. The number of rotatable bonds is 2. The van der Waals surface area contributed by atoms with Crippen LogP contribution in [-0.4, -0.2) is 49.7 Å².